The van der Waals surface area contributed by atoms with Crippen LogP contribution in [0.1, 0.15) is 25.8 Å². The van der Waals surface area contributed by atoms with Gasteiger partial charge in [0.25, 0.3) is 0 Å². The van der Waals surface area contributed by atoms with Crippen LogP contribution < -0.4 is 0 Å². The second kappa shape index (κ2) is 8.51. The van der Waals surface area contributed by atoms with Gasteiger partial charge in [-0.25, -0.2) is 0 Å². The molecule has 0 amide bonds. The average Bonchev–Trinajstić information content (AvgIpc) is 2.46. The van der Waals surface area contributed by atoms with Gasteiger partial charge in [-0.2, -0.15) is 0 Å². The van der Waals surface area contributed by atoms with E-state index in [-0.39, 0.29) is 12.4 Å². The van der Waals surface area contributed by atoms with Crippen molar-refractivity contribution in [1.29, 1.82) is 0 Å². The molecular weight excluding hydrogens is 289 g/mol. The van der Waals surface area contributed by atoms with E-state index in [1.807, 2.05) is 0 Å². The van der Waals surface area contributed by atoms with Crippen LogP contribution in [0.5, 0.6) is 0 Å². The van der Waals surface area contributed by atoms with Crippen molar-refractivity contribution in [2.45, 2.75) is 32.9 Å². The fourth-order valence-electron chi connectivity index (χ4n) is 2.47. The molecule has 0 aliphatic heterocycles. The molecule has 2 aromatic rings. The zero-order valence-electron chi connectivity index (χ0n) is 12.2. The first-order valence-electron chi connectivity index (χ1n) is 7.03. The van der Waals surface area contributed by atoms with Crippen LogP contribution >= 0.6 is 24.0 Å². The monoisotopic (exact) mass is 311 g/mol. The summed E-state index contributed by atoms with van der Waals surface area (Å²) in [7, 11) is 0. The Balaban J connectivity index is 0.00000200. The van der Waals surface area contributed by atoms with Crippen LogP contribution in [0, 0.1) is 0 Å². The molecule has 0 aromatic heterocycles. The topological polar surface area (TPSA) is 3.24 Å². The van der Waals surface area contributed by atoms with Gasteiger partial charge in [-0.1, -0.05) is 49.4 Å². The quantitative estimate of drug-likeness (QED) is 0.671. The van der Waals surface area contributed by atoms with E-state index in [0.717, 1.165) is 19.5 Å². The van der Waals surface area contributed by atoms with E-state index < -0.39 is 0 Å². The van der Waals surface area contributed by atoms with Crippen LogP contribution in [-0.2, 0) is 6.54 Å². The highest BCUT2D eigenvalue weighted by Gasteiger charge is 2.13. The maximum Gasteiger partial charge on any atom is 0.0351 e. The van der Waals surface area contributed by atoms with Crippen molar-refractivity contribution in [2.24, 2.45) is 0 Å². The minimum Gasteiger partial charge on any atom is -0.295 e. The average molecular weight is 312 g/mol. The van der Waals surface area contributed by atoms with Crippen molar-refractivity contribution in [2.75, 3.05) is 12.4 Å². The summed E-state index contributed by atoms with van der Waals surface area (Å²) in [5, 5.41) is 2.67. The highest BCUT2D eigenvalue weighted by molar-refractivity contribution is 6.18. The van der Waals surface area contributed by atoms with Gasteiger partial charge in [0.2, 0.25) is 0 Å². The second-order valence-corrected chi connectivity index (χ2v) is 5.43. The summed E-state index contributed by atoms with van der Waals surface area (Å²) in [4.78, 5) is 2.47. The summed E-state index contributed by atoms with van der Waals surface area (Å²) in [6.07, 6.45) is 1.15. The number of benzene rings is 2. The molecule has 0 heterocycles. The van der Waals surface area contributed by atoms with Gasteiger partial charge in [-0.3, -0.25) is 4.90 Å². The normalized spacial score (nSPS) is 12.4. The molecule has 110 valence electrons. The molecule has 2 rings (SSSR count). The molecule has 0 bridgehead atoms. The van der Waals surface area contributed by atoms with Crippen molar-refractivity contribution in [3.8, 4) is 0 Å². The van der Waals surface area contributed by atoms with Gasteiger partial charge in [0.1, 0.15) is 0 Å². The van der Waals surface area contributed by atoms with E-state index in [9.17, 15) is 0 Å². The molecule has 3 heteroatoms. The van der Waals surface area contributed by atoms with Crippen LogP contribution in [-0.4, -0.2) is 23.4 Å². The lowest BCUT2D eigenvalue weighted by atomic mass is 10.0. The van der Waals surface area contributed by atoms with Gasteiger partial charge >= 0.3 is 0 Å². The van der Waals surface area contributed by atoms with Gasteiger partial charge in [-0.15, -0.1) is 24.0 Å². The van der Waals surface area contributed by atoms with E-state index in [1.165, 1.54) is 16.3 Å². The van der Waals surface area contributed by atoms with Crippen molar-refractivity contribution in [3.05, 3.63) is 48.0 Å². The molecule has 0 fully saturated rings. The van der Waals surface area contributed by atoms with Gasteiger partial charge in [0, 0.05) is 25.0 Å². The summed E-state index contributed by atoms with van der Waals surface area (Å²) in [6.45, 7) is 6.43. The molecule has 1 nitrogen and oxygen atoms in total. The van der Waals surface area contributed by atoms with E-state index in [0.29, 0.717) is 11.9 Å². The molecule has 1 unspecified atom stereocenters. The first-order chi connectivity index (χ1) is 9.26. The number of nitrogens with zero attached hydrogens (tertiary/aromatic N) is 1. The van der Waals surface area contributed by atoms with Crippen molar-refractivity contribution in [3.63, 3.8) is 0 Å². The SMILES string of the molecule is CCC(C)N(CCCl)Cc1cccc2ccccc12.Cl. The third kappa shape index (κ3) is 4.12. The van der Waals surface area contributed by atoms with Crippen LogP contribution in [0.2, 0.25) is 0 Å². The molecule has 0 N–H and O–H groups in total. The summed E-state index contributed by atoms with van der Waals surface area (Å²) >= 11 is 5.94. The van der Waals surface area contributed by atoms with Crippen molar-refractivity contribution in [1.82, 2.24) is 4.90 Å². The zero-order chi connectivity index (χ0) is 13.7. The summed E-state index contributed by atoms with van der Waals surface area (Å²) in [5.41, 5.74) is 1.39. The number of rotatable bonds is 6. The van der Waals surface area contributed by atoms with Crippen LogP contribution in [0.4, 0.5) is 0 Å². The fraction of sp³-hybridized carbons (Fsp3) is 0.412. The Kier molecular flexibility index (Phi) is 7.36. The molecule has 0 spiro atoms. The number of alkyl halides is 1. The number of fused-ring (bicyclic) bond motifs is 1. The van der Waals surface area contributed by atoms with Crippen LogP contribution in [0.25, 0.3) is 10.8 Å². The molecule has 0 saturated carbocycles. The first kappa shape index (κ1) is 17.3. The predicted molar refractivity (Wildman–Crippen MR) is 92.1 cm³/mol. The molecule has 0 saturated heterocycles. The third-order valence-electron chi connectivity index (χ3n) is 3.84. The Morgan fingerprint density at radius 3 is 2.50 bits per heavy atom. The third-order valence-corrected chi connectivity index (χ3v) is 4.01. The minimum atomic E-state index is 0. The number of hydrogen-bond donors (Lipinski definition) is 0. The van der Waals surface area contributed by atoms with Gasteiger partial charge in [0.05, 0.1) is 0 Å². The molecule has 20 heavy (non-hydrogen) atoms. The van der Waals surface area contributed by atoms with Crippen molar-refractivity contribution >= 4 is 34.8 Å². The van der Waals surface area contributed by atoms with Crippen LogP contribution in [0.15, 0.2) is 42.5 Å². The fourth-order valence-corrected chi connectivity index (χ4v) is 2.69. The Hall–Kier alpha value is -0.760. The Bertz CT molecular complexity index is 522. The van der Waals surface area contributed by atoms with E-state index in [4.69, 9.17) is 11.6 Å². The highest BCUT2D eigenvalue weighted by atomic mass is 35.5. The van der Waals surface area contributed by atoms with E-state index in [2.05, 4.69) is 61.2 Å². The first-order valence-corrected chi connectivity index (χ1v) is 7.56. The lowest BCUT2D eigenvalue weighted by Crippen LogP contribution is -2.33. The molecular formula is C17H23Cl2N. The van der Waals surface area contributed by atoms with Gasteiger partial charge in [0.15, 0.2) is 0 Å². The standard InChI is InChI=1S/C17H22ClN.ClH/c1-3-14(2)19(12-11-18)13-16-9-6-8-15-7-4-5-10-17(15)16;/h4-10,14H,3,11-13H2,1-2H3;1H. The zero-order valence-corrected chi connectivity index (χ0v) is 13.8. The summed E-state index contributed by atoms with van der Waals surface area (Å²) in [5.74, 6) is 0.690. The molecule has 0 radical (unpaired) electrons. The largest absolute Gasteiger partial charge is 0.295 e. The Morgan fingerprint density at radius 1 is 1.10 bits per heavy atom. The number of hydrogen-bond acceptors (Lipinski definition) is 1. The summed E-state index contributed by atoms with van der Waals surface area (Å²) in [6, 6.07) is 15.7. The molecule has 0 aliphatic carbocycles. The van der Waals surface area contributed by atoms with E-state index >= 15 is 0 Å². The second-order valence-electron chi connectivity index (χ2n) is 5.06. The Morgan fingerprint density at radius 2 is 1.80 bits per heavy atom. The molecule has 1 atom stereocenters. The van der Waals surface area contributed by atoms with Gasteiger partial charge in [-0.05, 0) is 29.7 Å². The van der Waals surface area contributed by atoms with Gasteiger partial charge < -0.3 is 0 Å². The Labute approximate surface area is 133 Å². The summed E-state index contributed by atoms with van der Waals surface area (Å²) < 4.78 is 0. The van der Waals surface area contributed by atoms with Crippen LogP contribution in [0.3, 0.4) is 0 Å². The highest BCUT2D eigenvalue weighted by Crippen LogP contribution is 2.21. The maximum absolute atomic E-state index is 5.94. The molecule has 0 aliphatic rings. The minimum absolute atomic E-state index is 0. The predicted octanol–water partition coefficient (Wildman–Crippen LogP) is 5.10. The molecule has 2 aromatic carbocycles. The smallest absolute Gasteiger partial charge is 0.0351 e. The van der Waals surface area contributed by atoms with E-state index in [1.54, 1.807) is 0 Å². The number of halogens is 2. The lowest BCUT2D eigenvalue weighted by Gasteiger charge is -2.28. The maximum atomic E-state index is 5.94. The lowest BCUT2D eigenvalue weighted by molar-refractivity contribution is 0.208. The van der Waals surface area contributed by atoms with Crippen molar-refractivity contribution < 1.29 is 0 Å².